The first-order valence-electron chi connectivity index (χ1n) is 8.76. The summed E-state index contributed by atoms with van der Waals surface area (Å²) in [5.74, 6) is 0.520. The Morgan fingerprint density at radius 1 is 1.12 bits per heavy atom. The zero-order chi connectivity index (χ0) is 17.5. The number of nitrogens with one attached hydrogen (secondary N) is 2. The first-order chi connectivity index (χ1) is 12.2. The van der Waals surface area contributed by atoms with E-state index in [9.17, 15) is 4.79 Å². The molecule has 132 valence electrons. The number of hydrogen-bond donors (Lipinski definition) is 2. The summed E-state index contributed by atoms with van der Waals surface area (Å²) in [7, 11) is 0. The summed E-state index contributed by atoms with van der Waals surface area (Å²) in [6, 6.07) is 17.5. The molecule has 1 saturated heterocycles. The normalized spacial score (nSPS) is 17.4. The Kier molecular flexibility index (Phi) is 6.31. The standard InChI is InChI=1S/C20H24ClN3O/c21-18-6-8-19(9-7-18)23-20(25)22-14-17-11-13-24(15-17)12-10-16-4-2-1-3-5-16/h1-9,17H,10-15H2,(H2,22,23,25). The van der Waals surface area contributed by atoms with Crippen LogP contribution in [0.4, 0.5) is 10.5 Å². The van der Waals surface area contributed by atoms with Gasteiger partial charge >= 0.3 is 6.03 Å². The van der Waals surface area contributed by atoms with Gasteiger partial charge in [0.15, 0.2) is 0 Å². The second kappa shape index (κ2) is 8.88. The number of amides is 2. The molecule has 0 aliphatic carbocycles. The fourth-order valence-electron chi connectivity index (χ4n) is 3.16. The monoisotopic (exact) mass is 357 g/mol. The Bertz CT molecular complexity index is 675. The van der Waals surface area contributed by atoms with Gasteiger partial charge in [-0.25, -0.2) is 4.79 Å². The quantitative estimate of drug-likeness (QED) is 0.819. The van der Waals surface area contributed by atoms with Crippen molar-refractivity contribution in [1.29, 1.82) is 0 Å². The highest BCUT2D eigenvalue weighted by molar-refractivity contribution is 6.30. The van der Waals surface area contributed by atoms with Gasteiger partial charge in [-0.3, -0.25) is 0 Å². The summed E-state index contributed by atoms with van der Waals surface area (Å²) >= 11 is 5.84. The molecule has 0 spiro atoms. The summed E-state index contributed by atoms with van der Waals surface area (Å²) in [4.78, 5) is 14.5. The number of hydrogen-bond acceptors (Lipinski definition) is 2. The number of urea groups is 1. The summed E-state index contributed by atoms with van der Waals surface area (Å²) in [5, 5.41) is 6.46. The first-order valence-corrected chi connectivity index (χ1v) is 9.13. The molecule has 1 heterocycles. The van der Waals surface area contributed by atoms with Gasteiger partial charge < -0.3 is 15.5 Å². The molecular formula is C20H24ClN3O. The maximum Gasteiger partial charge on any atom is 0.319 e. The fourth-order valence-corrected chi connectivity index (χ4v) is 3.29. The van der Waals surface area contributed by atoms with Crippen LogP contribution >= 0.6 is 11.6 Å². The van der Waals surface area contributed by atoms with Crippen LogP contribution in [0, 0.1) is 5.92 Å². The predicted molar refractivity (Wildman–Crippen MR) is 103 cm³/mol. The minimum atomic E-state index is -0.162. The van der Waals surface area contributed by atoms with Gasteiger partial charge in [-0.1, -0.05) is 41.9 Å². The lowest BCUT2D eigenvalue weighted by atomic mass is 10.1. The molecule has 1 unspecified atom stereocenters. The van der Waals surface area contributed by atoms with Crippen LogP contribution in [0.5, 0.6) is 0 Å². The molecule has 4 nitrogen and oxygen atoms in total. The lowest BCUT2D eigenvalue weighted by molar-refractivity contribution is 0.249. The third-order valence-electron chi connectivity index (χ3n) is 4.58. The van der Waals surface area contributed by atoms with Crippen molar-refractivity contribution in [2.75, 3.05) is 31.5 Å². The third-order valence-corrected chi connectivity index (χ3v) is 4.83. The molecule has 2 N–H and O–H groups in total. The Balaban J connectivity index is 1.35. The Morgan fingerprint density at radius 2 is 1.88 bits per heavy atom. The maximum absolute atomic E-state index is 12.0. The van der Waals surface area contributed by atoms with Gasteiger partial charge in [0.2, 0.25) is 0 Å². The highest BCUT2D eigenvalue weighted by atomic mass is 35.5. The van der Waals surface area contributed by atoms with Gasteiger partial charge in [-0.05, 0) is 55.1 Å². The summed E-state index contributed by atoms with van der Waals surface area (Å²) < 4.78 is 0. The smallest absolute Gasteiger partial charge is 0.319 e. The molecule has 1 fully saturated rings. The van der Waals surface area contributed by atoms with Crippen molar-refractivity contribution in [2.24, 2.45) is 5.92 Å². The van der Waals surface area contributed by atoms with Crippen molar-refractivity contribution in [2.45, 2.75) is 12.8 Å². The lowest BCUT2D eigenvalue weighted by Crippen LogP contribution is -2.34. The Labute approximate surface area is 154 Å². The molecule has 2 amide bonds. The summed E-state index contributed by atoms with van der Waals surface area (Å²) in [5.41, 5.74) is 2.13. The third kappa shape index (κ3) is 5.76. The maximum atomic E-state index is 12.0. The van der Waals surface area contributed by atoms with Gasteiger partial charge in [0.1, 0.15) is 0 Å². The van der Waals surface area contributed by atoms with Crippen LogP contribution in [0.3, 0.4) is 0 Å². The van der Waals surface area contributed by atoms with E-state index in [-0.39, 0.29) is 6.03 Å². The second-order valence-electron chi connectivity index (χ2n) is 6.53. The molecule has 0 bridgehead atoms. The summed E-state index contributed by atoms with van der Waals surface area (Å²) in [6.45, 7) is 3.95. The number of anilines is 1. The minimum absolute atomic E-state index is 0.162. The van der Waals surface area contributed by atoms with Crippen molar-refractivity contribution < 1.29 is 4.79 Å². The molecule has 0 aromatic heterocycles. The average Bonchev–Trinajstić information content (AvgIpc) is 3.09. The lowest BCUT2D eigenvalue weighted by Gasteiger charge is -2.16. The Morgan fingerprint density at radius 3 is 2.64 bits per heavy atom. The number of carbonyl (C=O) groups excluding carboxylic acids is 1. The molecular weight excluding hydrogens is 334 g/mol. The van der Waals surface area contributed by atoms with Crippen molar-refractivity contribution in [3.63, 3.8) is 0 Å². The van der Waals surface area contributed by atoms with E-state index in [2.05, 4.69) is 45.9 Å². The van der Waals surface area contributed by atoms with Crippen LogP contribution in [0.1, 0.15) is 12.0 Å². The van der Waals surface area contributed by atoms with Gasteiger partial charge in [0.05, 0.1) is 0 Å². The van der Waals surface area contributed by atoms with E-state index in [0.717, 1.165) is 38.2 Å². The van der Waals surface area contributed by atoms with Crippen molar-refractivity contribution in [1.82, 2.24) is 10.2 Å². The molecule has 5 heteroatoms. The van der Waals surface area contributed by atoms with E-state index in [4.69, 9.17) is 11.6 Å². The molecule has 1 aliphatic heterocycles. The molecule has 1 aliphatic rings. The highest BCUT2D eigenvalue weighted by Crippen LogP contribution is 2.16. The molecule has 25 heavy (non-hydrogen) atoms. The number of benzene rings is 2. The number of likely N-dealkylation sites (tertiary alicyclic amines) is 1. The molecule has 1 atom stereocenters. The molecule has 2 aromatic carbocycles. The number of halogens is 1. The van der Waals surface area contributed by atoms with Crippen LogP contribution in [0.25, 0.3) is 0 Å². The average molecular weight is 358 g/mol. The molecule has 2 aromatic rings. The number of carbonyl (C=O) groups is 1. The van der Waals surface area contributed by atoms with E-state index in [0.29, 0.717) is 17.5 Å². The molecule has 3 rings (SSSR count). The van der Waals surface area contributed by atoms with Gasteiger partial charge in [0, 0.05) is 30.3 Å². The predicted octanol–water partition coefficient (Wildman–Crippen LogP) is 4.03. The van der Waals surface area contributed by atoms with Crippen LogP contribution in [-0.4, -0.2) is 37.1 Å². The van der Waals surface area contributed by atoms with Crippen LogP contribution in [0.15, 0.2) is 54.6 Å². The van der Waals surface area contributed by atoms with Crippen molar-refractivity contribution in [3.8, 4) is 0 Å². The number of nitrogens with zero attached hydrogens (tertiary/aromatic N) is 1. The Hall–Kier alpha value is -2.04. The largest absolute Gasteiger partial charge is 0.338 e. The topological polar surface area (TPSA) is 44.4 Å². The van der Waals surface area contributed by atoms with Crippen molar-refractivity contribution >= 4 is 23.3 Å². The van der Waals surface area contributed by atoms with Crippen LogP contribution in [-0.2, 0) is 6.42 Å². The SMILES string of the molecule is O=C(NCC1CCN(CCc2ccccc2)C1)Nc1ccc(Cl)cc1. The molecule has 0 saturated carbocycles. The van der Waals surface area contributed by atoms with Crippen LogP contribution < -0.4 is 10.6 Å². The van der Waals surface area contributed by atoms with Crippen LogP contribution in [0.2, 0.25) is 5.02 Å². The van der Waals surface area contributed by atoms with Crippen molar-refractivity contribution in [3.05, 3.63) is 65.2 Å². The van der Waals surface area contributed by atoms with E-state index in [1.54, 1.807) is 24.3 Å². The molecule has 0 radical (unpaired) electrons. The zero-order valence-electron chi connectivity index (χ0n) is 14.2. The van der Waals surface area contributed by atoms with Gasteiger partial charge in [-0.15, -0.1) is 0 Å². The van der Waals surface area contributed by atoms with E-state index < -0.39 is 0 Å². The van der Waals surface area contributed by atoms with E-state index in [1.165, 1.54) is 5.56 Å². The number of rotatable bonds is 6. The van der Waals surface area contributed by atoms with E-state index >= 15 is 0 Å². The van der Waals surface area contributed by atoms with E-state index in [1.807, 2.05) is 0 Å². The first kappa shape index (κ1) is 17.8. The van der Waals surface area contributed by atoms with Gasteiger partial charge in [0.25, 0.3) is 0 Å². The zero-order valence-corrected chi connectivity index (χ0v) is 15.0. The minimum Gasteiger partial charge on any atom is -0.338 e. The van der Waals surface area contributed by atoms with Gasteiger partial charge in [-0.2, -0.15) is 0 Å². The summed E-state index contributed by atoms with van der Waals surface area (Å²) in [6.07, 6.45) is 2.22. The fraction of sp³-hybridized carbons (Fsp3) is 0.350. The second-order valence-corrected chi connectivity index (χ2v) is 6.97. The highest BCUT2D eigenvalue weighted by Gasteiger charge is 2.22.